The van der Waals surface area contributed by atoms with Gasteiger partial charge in [-0.25, -0.2) is 8.42 Å². The van der Waals surface area contributed by atoms with Crippen molar-refractivity contribution >= 4 is 33.2 Å². The molecule has 0 bridgehead atoms. The molecule has 32 heavy (non-hydrogen) atoms. The molecule has 0 aliphatic carbocycles. The molecule has 0 saturated heterocycles. The zero-order chi connectivity index (χ0) is 23.1. The third-order valence-electron chi connectivity index (χ3n) is 4.64. The Morgan fingerprint density at radius 1 is 0.938 bits per heavy atom. The maximum atomic E-state index is 13.5. The molecular formula is C23H23ClN2O5S. The third kappa shape index (κ3) is 5.79. The van der Waals surface area contributed by atoms with Gasteiger partial charge in [-0.3, -0.25) is 4.79 Å². The molecule has 1 N–H and O–H groups in total. The van der Waals surface area contributed by atoms with E-state index in [0.29, 0.717) is 16.5 Å². The fraction of sp³-hybridized carbons (Fsp3) is 0.174. The van der Waals surface area contributed by atoms with Crippen molar-refractivity contribution in [2.45, 2.75) is 11.4 Å². The first-order valence-electron chi connectivity index (χ1n) is 9.65. The van der Waals surface area contributed by atoms with Gasteiger partial charge in [0.2, 0.25) is 15.9 Å². The maximum absolute atomic E-state index is 13.5. The number of anilines is 1. The summed E-state index contributed by atoms with van der Waals surface area (Å²) in [6, 6.07) is 19.9. The molecule has 0 unspecified atom stereocenters. The molecule has 168 valence electrons. The number of ether oxygens (including phenoxy) is 2. The molecule has 0 atom stereocenters. The van der Waals surface area contributed by atoms with Gasteiger partial charge < -0.3 is 14.8 Å². The van der Waals surface area contributed by atoms with Crippen LogP contribution in [0.25, 0.3) is 0 Å². The lowest BCUT2D eigenvalue weighted by molar-refractivity contribution is -0.116. The lowest BCUT2D eigenvalue weighted by Gasteiger charge is -2.22. The normalized spacial score (nSPS) is 11.2. The Morgan fingerprint density at radius 2 is 1.59 bits per heavy atom. The van der Waals surface area contributed by atoms with Gasteiger partial charge in [0.15, 0.2) is 11.5 Å². The zero-order valence-corrected chi connectivity index (χ0v) is 19.2. The van der Waals surface area contributed by atoms with Crippen LogP contribution in [0.4, 0.5) is 5.69 Å². The smallest absolute Gasteiger partial charge is 0.243 e. The highest BCUT2D eigenvalue weighted by molar-refractivity contribution is 7.89. The Labute approximate surface area is 192 Å². The lowest BCUT2D eigenvalue weighted by atomic mass is 10.2. The van der Waals surface area contributed by atoms with Gasteiger partial charge in [-0.05, 0) is 42.0 Å². The van der Waals surface area contributed by atoms with Crippen molar-refractivity contribution in [3.8, 4) is 11.5 Å². The highest BCUT2D eigenvalue weighted by atomic mass is 35.5. The van der Waals surface area contributed by atoms with Crippen LogP contribution in [0, 0.1) is 0 Å². The van der Waals surface area contributed by atoms with E-state index >= 15 is 0 Å². The number of amides is 1. The molecule has 0 fully saturated rings. The van der Waals surface area contributed by atoms with E-state index in [1.165, 1.54) is 32.4 Å². The van der Waals surface area contributed by atoms with E-state index in [2.05, 4.69) is 5.32 Å². The second-order valence-electron chi connectivity index (χ2n) is 6.83. The fourth-order valence-electron chi connectivity index (χ4n) is 3.03. The van der Waals surface area contributed by atoms with Crippen LogP contribution >= 0.6 is 11.6 Å². The van der Waals surface area contributed by atoms with Crippen LogP contribution in [0.1, 0.15) is 5.56 Å². The summed E-state index contributed by atoms with van der Waals surface area (Å²) in [4.78, 5) is 12.7. The first-order valence-corrected chi connectivity index (χ1v) is 11.5. The summed E-state index contributed by atoms with van der Waals surface area (Å²) in [7, 11) is -1.14. The SMILES string of the molecule is COc1ccc(S(=O)(=O)N(CC(=O)Nc2ccc(Cl)cc2)Cc2ccccc2)cc1OC. The van der Waals surface area contributed by atoms with Gasteiger partial charge in [0, 0.05) is 23.3 Å². The molecule has 9 heteroatoms. The van der Waals surface area contributed by atoms with E-state index in [1.54, 1.807) is 36.4 Å². The summed E-state index contributed by atoms with van der Waals surface area (Å²) in [5.74, 6) is 0.202. The quantitative estimate of drug-likeness (QED) is 0.502. The van der Waals surface area contributed by atoms with Crippen molar-refractivity contribution in [1.82, 2.24) is 4.31 Å². The average Bonchev–Trinajstić information content (AvgIpc) is 2.80. The van der Waals surface area contributed by atoms with Gasteiger partial charge in [0.05, 0.1) is 25.7 Å². The van der Waals surface area contributed by atoms with Crippen molar-refractivity contribution in [2.24, 2.45) is 0 Å². The van der Waals surface area contributed by atoms with Crippen LogP contribution in [0.2, 0.25) is 5.02 Å². The number of hydrogen-bond acceptors (Lipinski definition) is 5. The lowest BCUT2D eigenvalue weighted by Crippen LogP contribution is -2.37. The second-order valence-corrected chi connectivity index (χ2v) is 9.20. The highest BCUT2D eigenvalue weighted by Gasteiger charge is 2.28. The first kappa shape index (κ1) is 23.6. The van der Waals surface area contributed by atoms with Crippen molar-refractivity contribution in [3.63, 3.8) is 0 Å². The number of nitrogens with one attached hydrogen (secondary N) is 1. The molecule has 0 radical (unpaired) electrons. The Balaban J connectivity index is 1.90. The molecule has 7 nitrogen and oxygen atoms in total. The van der Waals surface area contributed by atoms with E-state index in [0.717, 1.165) is 9.87 Å². The molecule has 0 aliphatic rings. The van der Waals surface area contributed by atoms with Gasteiger partial charge >= 0.3 is 0 Å². The summed E-state index contributed by atoms with van der Waals surface area (Å²) in [5, 5.41) is 3.23. The van der Waals surface area contributed by atoms with Crippen LogP contribution in [0.3, 0.4) is 0 Å². The molecule has 0 spiro atoms. The van der Waals surface area contributed by atoms with Crippen molar-refractivity contribution < 1.29 is 22.7 Å². The van der Waals surface area contributed by atoms with Crippen molar-refractivity contribution in [3.05, 3.63) is 83.4 Å². The monoisotopic (exact) mass is 474 g/mol. The van der Waals surface area contributed by atoms with E-state index in [-0.39, 0.29) is 23.7 Å². The minimum Gasteiger partial charge on any atom is -0.493 e. The zero-order valence-electron chi connectivity index (χ0n) is 17.6. The van der Waals surface area contributed by atoms with Crippen molar-refractivity contribution in [1.29, 1.82) is 0 Å². The third-order valence-corrected chi connectivity index (χ3v) is 6.68. The average molecular weight is 475 g/mol. The molecule has 3 aromatic rings. The molecule has 1 amide bonds. The molecule has 0 heterocycles. The Bertz CT molecular complexity index is 1170. The molecular weight excluding hydrogens is 452 g/mol. The number of methoxy groups -OCH3 is 2. The van der Waals surface area contributed by atoms with Gasteiger partial charge in [-0.2, -0.15) is 4.31 Å². The topological polar surface area (TPSA) is 84.9 Å². The number of halogens is 1. The second kappa shape index (κ2) is 10.5. The standard InChI is InChI=1S/C23H23ClN2O5S/c1-30-21-13-12-20(14-22(21)31-2)32(28,29)26(15-17-6-4-3-5-7-17)16-23(27)25-19-10-8-18(24)9-11-19/h3-14H,15-16H2,1-2H3,(H,25,27). The fourth-order valence-corrected chi connectivity index (χ4v) is 4.56. The number of benzene rings is 3. The predicted octanol–water partition coefficient (Wildman–Crippen LogP) is 4.19. The molecule has 0 saturated carbocycles. The summed E-state index contributed by atoms with van der Waals surface area (Å²) >= 11 is 5.88. The number of sulfonamides is 1. The largest absolute Gasteiger partial charge is 0.493 e. The van der Waals surface area contributed by atoms with Crippen LogP contribution < -0.4 is 14.8 Å². The van der Waals surface area contributed by atoms with Crippen molar-refractivity contribution in [2.75, 3.05) is 26.1 Å². The van der Waals surface area contributed by atoms with Gasteiger partial charge in [0.25, 0.3) is 0 Å². The van der Waals surface area contributed by atoms with E-state index in [1.807, 2.05) is 18.2 Å². The van der Waals surface area contributed by atoms with Crippen LogP contribution in [-0.4, -0.2) is 39.4 Å². The summed E-state index contributed by atoms with van der Waals surface area (Å²) in [6.45, 7) is -0.361. The number of carbonyl (C=O) groups excluding carboxylic acids is 1. The predicted molar refractivity (Wildman–Crippen MR) is 124 cm³/mol. The highest BCUT2D eigenvalue weighted by Crippen LogP contribution is 2.31. The van der Waals surface area contributed by atoms with Crippen LogP contribution in [0.5, 0.6) is 11.5 Å². The minimum absolute atomic E-state index is 0.00891. The molecule has 3 rings (SSSR count). The number of rotatable bonds is 9. The van der Waals surface area contributed by atoms with Gasteiger partial charge in [0.1, 0.15) is 0 Å². The number of hydrogen-bond donors (Lipinski definition) is 1. The summed E-state index contributed by atoms with van der Waals surface area (Å²) < 4.78 is 38.5. The molecule has 0 aliphatic heterocycles. The van der Waals surface area contributed by atoms with E-state index < -0.39 is 15.9 Å². The summed E-state index contributed by atoms with van der Waals surface area (Å²) in [6.07, 6.45) is 0. The summed E-state index contributed by atoms with van der Waals surface area (Å²) in [5.41, 5.74) is 1.26. The molecule has 0 aromatic heterocycles. The molecule has 3 aromatic carbocycles. The van der Waals surface area contributed by atoms with E-state index in [4.69, 9.17) is 21.1 Å². The Kier molecular flexibility index (Phi) is 7.74. The van der Waals surface area contributed by atoms with Crippen LogP contribution in [0.15, 0.2) is 77.7 Å². The minimum atomic E-state index is -4.04. The Morgan fingerprint density at radius 3 is 2.22 bits per heavy atom. The van der Waals surface area contributed by atoms with E-state index in [9.17, 15) is 13.2 Å². The van der Waals surface area contributed by atoms with Crippen LogP contribution in [-0.2, 0) is 21.4 Å². The Hall–Kier alpha value is -3.07. The van der Waals surface area contributed by atoms with Gasteiger partial charge in [-0.15, -0.1) is 0 Å². The van der Waals surface area contributed by atoms with Gasteiger partial charge in [-0.1, -0.05) is 41.9 Å². The number of carbonyl (C=O) groups is 1. The maximum Gasteiger partial charge on any atom is 0.243 e. The first-order chi connectivity index (χ1) is 15.3. The number of nitrogens with zero attached hydrogens (tertiary/aromatic N) is 1.